The molecule has 0 aliphatic heterocycles. The molecule has 0 spiro atoms. The molecule has 0 amide bonds. The summed E-state index contributed by atoms with van der Waals surface area (Å²) in [6.45, 7) is 6.13. The van der Waals surface area contributed by atoms with Gasteiger partial charge < -0.3 is 10.1 Å². The molecule has 1 rings (SSSR count). The zero-order valence-electron chi connectivity index (χ0n) is 9.80. The number of ether oxygens (including phenoxy) is 1. The fourth-order valence-corrected chi connectivity index (χ4v) is 1.28. The minimum atomic E-state index is -0.575. The number of nitrogens with one attached hydrogen (secondary N) is 1. The summed E-state index contributed by atoms with van der Waals surface area (Å²) in [6, 6.07) is 0. The van der Waals surface area contributed by atoms with Gasteiger partial charge in [-0.2, -0.15) is 4.98 Å². The van der Waals surface area contributed by atoms with Crippen LogP contribution in [0.1, 0.15) is 6.92 Å². The third kappa shape index (κ3) is 4.27. The Labute approximate surface area is 109 Å². The van der Waals surface area contributed by atoms with Crippen molar-refractivity contribution < 1.29 is 9.66 Å². The third-order valence-electron chi connectivity index (χ3n) is 1.99. The van der Waals surface area contributed by atoms with Gasteiger partial charge >= 0.3 is 5.69 Å². The molecule has 0 saturated carbocycles. The van der Waals surface area contributed by atoms with Gasteiger partial charge in [-0.1, -0.05) is 6.08 Å². The molecule has 0 saturated heterocycles. The lowest BCUT2D eigenvalue weighted by Crippen LogP contribution is -2.21. The van der Waals surface area contributed by atoms with Crippen molar-refractivity contribution >= 4 is 23.1 Å². The molecule has 0 bridgehead atoms. The molecule has 18 heavy (non-hydrogen) atoms. The van der Waals surface area contributed by atoms with E-state index in [1.54, 1.807) is 6.08 Å². The highest BCUT2D eigenvalue weighted by atomic mass is 35.5. The number of aromatic nitrogens is 2. The van der Waals surface area contributed by atoms with Crippen LogP contribution in [0.25, 0.3) is 0 Å². The normalized spacial score (nSPS) is 11.9. The molecule has 0 aromatic carbocycles. The summed E-state index contributed by atoms with van der Waals surface area (Å²) >= 11 is 5.59. The van der Waals surface area contributed by atoms with Crippen LogP contribution in [0.2, 0.25) is 5.28 Å². The molecule has 1 N–H and O–H groups in total. The Morgan fingerprint density at radius 2 is 2.50 bits per heavy atom. The van der Waals surface area contributed by atoms with E-state index in [2.05, 4.69) is 21.9 Å². The first-order chi connectivity index (χ1) is 8.54. The Kier molecular flexibility index (Phi) is 5.47. The lowest BCUT2D eigenvalue weighted by molar-refractivity contribution is -0.384. The van der Waals surface area contributed by atoms with Crippen LogP contribution >= 0.6 is 11.6 Å². The van der Waals surface area contributed by atoms with Gasteiger partial charge in [-0.25, -0.2) is 4.98 Å². The number of anilines is 1. The predicted octanol–water partition coefficient (Wildman–Crippen LogP) is 2.04. The predicted molar refractivity (Wildman–Crippen MR) is 67.8 cm³/mol. The number of hydrogen-bond acceptors (Lipinski definition) is 6. The minimum Gasteiger partial charge on any atom is -0.373 e. The lowest BCUT2D eigenvalue weighted by Gasteiger charge is -2.12. The zero-order valence-corrected chi connectivity index (χ0v) is 10.6. The second-order valence-electron chi connectivity index (χ2n) is 3.44. The van der Waals surface area contributed by atoms with E-state index >= 15 is 0 Å². The van der Waals surface area contributed by atoms with E-state index < -0.39 is 4.92 Å². The summed E-state index contributed by atoms with van der Waals surface area (Å²) in [6.07, 6.45) is 2.55. The molecular weight excluding hydrogens is 260 g/mol. The summed E-state index contributed by atoms with van der Waals surface area (Å²) in [5.74, 6) is 0.0778. The van der Waals surface area contributed by atoms with Crippen LogP contribution in [-0.4, -0.2) is 34.1 Å². The van der Waals surface area contributed by atoms with Crippen molar-refractivity contribution in [2.24, 2.45) is 0 Å². The van der Waals surface area contributed by atoms with E-state index in [0.29, 0.717) is 13.2 Å². The molecule has 1 heterocycles. The highest BCUT2D eigenvalue weighted by molar-refractivity contribution is 6.28. The maximum atomic E-state index is 10.7. The monoisotopic (exact) mass is 272 g/mol. The van der Waals surface area contributed by atoms with E-state index in [1.807, 2.05) is 6.92 Å². The van der Waals surface area contributed by atoms with Gasteiger partial charge in [0.1, 0.15) is 6.20 Å². The van der Waals surface area contributed by atoms with Gasteiger partial charge in [-0.15, -0.1) is 6.58 Å². The molecule has 1 aromatic rings. The Bertz CT molecular complexity index is 441. The Hall–Kier alpha value is -1.73. The molecule has 0 aliphatic carbocycles. The summed E-state index contributed by atoms with van der Waals surface area (Å²) in [4.78, 5) is 17.5. The van der Waals surface area contributed by atoms with Crippen molar-refractivity contribution in [3.05, 3.63) is 34.2 Å². The SMILES string of the molecule is C=CCOC(C)CNc1nc(Cl)ncc1[N+](=O)[O-]. The van der Waals surface area contributed by atoms with Crippen LogP contribution < -0.4 is 5.32 Å². The first kappa shape index (κ1) is 14.3. The fraction of sp³-hybridized carbons (Fsp3) is 0.400. The Morgan fingerprint density at radius 1 is 1.78 bits per heavy atom. The summed E-state index contributed by atoms with van der Waals surface area (Å²) < 4.78 is 5.32. The first-order valence-corrected chi connectivity index (χ1v) is 5.55. The summed E-state index contributed by atoms with van der Waals surface area (Å²) in [7, 11) is 0. The van der Waals surface area contributed by atoms with Gasteiger partial charge in [0.2, 0.25) is 11.1 Å². The highest BCUT2D eigenvalue weighted by Crippen LogP contribution is 2.21. The van der Waals surface area contributed by atoms with Gasteiger partial charge in [0.15, 0.2) is 0 Å². The number of nitro groups is 1. The molecule has 0 fully saturated rings. The van der Waals surface area contributed by atoms with E-state index in [0.717, 1.165) is 6.20 Å². The number of rotatable bonds is 7. The Balaban J connectivity index is 2.68. The maximum Gasteiger partial charge on any atom is 0.329 e. The van der Waals surface area contributed by atoms with E-state index in [-0.39, 0.29) is 22.9 Å². The second kappa shape index (κ2) is 6.87. The van der Waals surface area contributed by atoms with Crippen LogP contribution in [-0.2, 0) is 4.74 Å². The summed E-state index contributed by atoms with van der Waals surface area (Å²) in [5, 5.41) is 13.5. The van der Waals surface area contributed by atoms with Gasteiger partial charge in [0.05, 0.1) is 17.6 Å². The van der Waals surface area contributed by atoms with Gasteiger partial charge in [0.25, 0.3) is 0 Å². The maximum absolute atomic E-state index is 10.7. The molecule has 8 heteroatoms. The lowest BCUT2D eigenvalue weighted by atomic mass is 10.4. The first-order valence-electron chi connectivity index (χ1n) is 5.18. The van der Waals surface area contributed by atoms with Crippen molar-refractivity contribution in [2.45, 2.75) is 13.0 Å². The molecule has 1 aromatic heterocycles. The zero-order chi connectivity index (χ0) is 13.5. The van der Waals surface area contributed by atoms with Gasteiger partial charge in [-0.05, 0) is 18.5 Å². The quantitative estimate of drug-likeness (QED) is 0.353. The molecule has 0 radical (unpaired) electrons. The van der Waals surface area contributed by atoms with Gasteiger partial charge in [-0.3, -0.25) is 10.1 Å². The van der Waals surface area contributed by atoms with Crippen molar-refractivity contribution in [3.63, 3.8) is 0 Å². The number of nitrogens with zero attached hydrogens (tertiary/aromatic N) is 3. The van der Waals surface area contributed by atoms with E-state index in [9.17, 15) is 10.1 Å². The van der Waals surface area contributed by atoms with Crippen molar-refractivity contribution in [3.8, 4) is 0 Å². The topological polar surface area (TPSA) is 90.2 Å². The van der Waals surface area contributed by atoms with Crippen LogP contribution in [0, 0.1) is 10.1 Å². The second-order valence-corrected chi connectivity index (χ2v) is 3.78. The minimum absolute atomic E-state index is 0.0530. The number of halogens is 1. The van der Waals surface area contributed by atoms with Crippen LogP contribution in [0.15, 0.2) is 18.9 Å². The smallest absolute Gasteiger partial charge is 0.329 e. The molecule has 7 nitrogen and oxygen atoms in total. The van der Waals surface area contributed by atoms with Crippen LogP contribution in [0.4, 0.5) is 11.5 Å². The average Bonchev–Trinajstić information content (AvgIpc) is 2.33. The van der Waals surface area contributed by atoms with Crippen molar-refractivity contribution in [1.82, 2.24) is 9.97 Å². The largest absolute Gasteiger partial charge is 0.373 e. The van der Waals surface area contributed by atoms with E-state index in [4.69, 9.17) is 16.3 Å². The van der Waals surface area contributed by atoms with Crippen LogP contribution in [0.5, 0.6) is 0 Å². The molecule has 1 unspecified atom stereocenters. The highest BCUT2D eigenvalue weighted by Gasteiger charge is 2.17. The van der Waals surface area contributed by atoms with Crippen molar-refractivity contribution in [2.75, 3.05) is 18.5 Å². The fourth-order valence-electron chi connectivity index (χ4n) is 1.15. The third-order valence-corrected chi connectivity index (χ3v) is 2.17. The van der Waals surface area contributed by atoms with Gasteiger partial charge in [0, 0.05) is 6.54 Å². The van der Waals surface area contributed by atoms with Crippen molar-refractivity contribution in [1.29, 1.82) is 0 Å². The Morgan fingerprint density at radius 3 is 3.11 bits per heavy atom. The standard InChI is InChI=1S/C10H13ClN4O3/c1-3-4-18-7(2)5-12-9-8(15(16)17)6-13-10(11)14-9/h3,6-7H,1,4-5H2,2H3,(H,12,13,14). The average molecular weight is 273 g/mol. The molecular formula is C10H13ClN4O3. The molecule has 0 aliphatic rings. The van der Waals surface area contributed by atoms with E-state index in [1.165, 1.54) is 0 Å². The number of hydrogen-bond donors (Lipinski definition) is 1. The molecule has 98 valence electrons. The summed E-state index contributed by atoms with van der Waals surface area (Å²) in [5.41, 5.74) is -0.227. The molecule has 1 atom stereocenters. The van der Waals surface area contributed by atoms with Crippen LogP contribution in [0.3, 0.4) is 0 Å².